The van der Waals surface area contributed by atoms with Gasteiger partial charge >= 0.3 is 12.1 Å². The van der Waals surface area contributed by atoms with Crippen LogP contribution < -0.4 is 4.72 Å². The Morgan fingerprint density at radius 2 is 1.90 bits per heavy atom. The van der Waals surface area contributed by atoms with Crippen molar-refractivity contribution in [3.63, 3.8) is 0 Å². The van der Waals surface area contributed by atoms with Crippen molar-refractivity contribution < 1.29 is 31.5 Å². The number of halogens is 3. The minimum Gasteiger partial charge on any atom is -0.477 e. The Morgan fingerprint density at radius 3 is 2.48 bits per heavy atom. The van der Waals surface area contributed by atoms with E-state index in [-0.39, 0.29) is 5.39 Å². The Labute approximate surface area is 121 Å². The molecule has 0 fully saturated rings. The molecule has 2 rings (SSSR count). The molecule has 5 nitrogen and oxygen atoms in total. The smallest absolute Gasteiger partial charge is 0.402 e. The molecule has 1 heterocycles. The van der Waals surface area contributed by atoms with Crippen LogP contribution in [0.15, 0.2) is 29.2 Å². The maximum Gasteiger partial charge on any atom is 0.402 e. The monoisotopic (exact) mass is 339 g/mol. The molecular weight excluding hydrogens is 331 g/mol. The van der Waals surface area contributed by atoms with E-state index in [1.165, 1.54) is 22.9 Å². The number of carboxylic acid groups (broad SMARTS) is 1. The second-order valence-corrected chi connectivity index (χ2v) is 6.76. The van der Waals surface area contributed by atoms with Gasteiger partial charge in [-0.15, -0.1) is 11.3 Å². The summed E-state index contributed by atoms with van der Waals surface area (Å²) in [5, 5.41) is 9.13. The molecule has 0 saturated carbocycles. The molecule has 0 saturated heterocycles. The number of carbonyl (C=O) groups is 1. The van der Waals surface area contributed by atoms with Crippen LogP contribution in [0, 0.1) is 0 Å². The van der Waals surface area contributed by atoms with Crippen molar-refractivity contribution in [2.45, 2.75) is 11.1 Å². The normalized spacial score (nSPS) is 12.7. The van der Waals surface area contributed by atoms with Gasteiger partial charge < -0.3 is 5.11 Å². The second-order valence-electron chi connectivity index (χ2n) is 4.00. The molecule has 0 spiro atoms. The van der Waals surface area contributed by atoms with Crippen molar-refractivity contribution in [2.24, 2.45) is 0 Å². The minimum atomic E-state index is -4.73. The third-order valence-corrected chi connectivity index (χ3v) is 5.25. The van der Waals surface area contributed by atoms with Gasteiger partial charge in [0.25, 0.3) is 0 Å². The van der Waals surface area contributed by atoms with Crippen LogP contribution >= 0.6 is 11.3 Å². The lowest BCUT2D eigenvalue weighted by Gasteiger charge is -2.09. The molecule has 2 N–H and O–H groups in total. The Kier molecular flexibility index (Phi) is 3.95. The standard InChI is InChI=1S/C11H8F3NO4S2/c12-11(13,14)5-15-21(18,19)9-6-3-1-2-4-7(6)20-8(9)10(16)17/h1-4,15H,5H2,(H,16,17). The molecule has 0 unspecified atom stereocenters. The molecule has 0 bridgehead atoms. The number of nitrogens with one attached hydrogen (secondary N) is 1. The highest BCUT2D eigenvalue weighted by Gasteiger charge is 2.33. The van der Waals surface area contributed by atoms with E-state index < -0.39 is 38.5 Å². The molecule has 114 valence electrons. The predicted octanol–water partition coefficient (Wildman–Crippen LogP) is 2.44. The molecule has 0 atom stereocenters. The number of benzene rings is 1. The first-order valence-corrected chi connectivity index (χ1v) is 7.73. The Balaban J connectivity index is 2.58. The topological polar surface area (TPSA) is 83.5 Å². The van der Waals surface area contributed by atoms with Crippen LogP contribution in [0.1, 0.15) is 9.67 Å². The summed E-state index contributed by atoms with van der Waals surface area (Å²) in [4.78, 5) is 9.97. The van der Waals surface area contributed by atoms with E-state index in [1.807, 2.05) is 0 Å². The summed E-state index contributed by atoms with van der Waals surface area (Å²) < 4.78 is 62.2. The number of sulfonamides is 1. The van der Waals surface area contributed by atoms with Crippen LogP contribution in [0.3, 0.4) is 0 Å². The number of fused-ring (bicyclic) bond motifs is 1. The maximum atomic E-state index is 12.2. The van der Waals surface area contributed by atoms with Gasteiger partial charge in [0.1, 0.15) is 16.3 Å². The fourth-order valence-corrected chi connectivity index (χ4v) is 4.43. The molecule has 10 heteroatoms. The van der Waals surface area contributed by atoms with E-state index in [9.17, 15) is 26.4 Å². The highest BCUT2D eigenvalue weighted by molar-refractivity contribution is 7.90. The van der Waals surface area contributed by atoms with Gasteiger partial charge in [-0.2, -0.15) is 13.2 Å². The number of hydrogen-bond acceptors (Lipinski definition) is 4. The minimum absolute atomic E-state index is 0.0783. The number of carboxylic acids is 1. The highest BCUT2D eigenvalue weighted by atomic mass is 32.2. The van der Waals surface area contributed by atoms with E-state index >= 15 is 0 Å². The lowest BCUT2D eigenvalue weighted by atomic mass is 10.2. The summed E-state index contributed by atoms with van der Waals surface area (Å²) in [5.74, 6) is -1.51. The lowest BCUT2D eigenvalue weighted by Crippen LogP contribution is -2.34. The van der Waals surface area contributed by atoms with Crippen molar-refractivity contribution in [3.05, 3.63) is 29.1 Å². The summed E-state index contributed by atoms with van der Waals surface area (Å²) in [5.41, 5.74) is 0. The molecule has 0 radical (unpaired) electrons. The van der Waals surface area contributed by atoms with E-state index in [0.29, 0.717) is 16.0 Å². The first-order chi connectivity index (χ1) is 9.62. The molecule has 2 aromatic rings. The first kappa shape index (κ1) is 15.7. The molecule has 21 heavy (non-hydrogen) atoms. The van der Waals surface area contributed by atoms with Crippen molar-refractivity contribution in [1.82, 2.24) is 4.72 Å². The SMILES string of the molecule is O=C(O)c1sc2ccccc2c1S(=O)(=O)NCC(F)(F)F. The third-order valence-electron chi connectivity index (χ3n) is 2.48. The quantitative estimate of drug-likeness (QED) is 0.896. The number of alkyl halides is 3. The summed E-state index contributed by atoms with van der Waals surface area (Å²) in [6.45, 7) is -1.77. The Hall–Kier alpha value is -1.65. The van der Waals surface area contributed by atoms with Crippen molar-refractivity contribution >= 4 is 37.4 Å². The van der Waals surface area contributed by atoms with E-state index in [2.05, 4.69) is 0 Å². The van der Waals surface area contributed by atoms with Crippen molar-refractivity contribution in [1.29, 1.82) is 0 Å². The van der Waals surface area contributed by atoms with Gasteiger partial charge in [-0.1, -0.05) is 18.2 Å². The Bertz CT molecular complexity index is 795. The second kappa shape index (κ2) is 5.28. The molecule has 0 aliphatic carbocycles. The third kappa shape index (κ3) is 3.34. The van der Waals surface area contributed by atoms with Gasteiger partial charge in [0.2, 0.25) is 10.0 Å². The van der Waals surface area contributed by atoms with Gasteiger partial charge in [0, 0.05) is 10.1 Å². The van der Waals surface area contributed by atoms with Gasteiger partial charge in [-0.25, -0.2) is 17.9 Å². The van der Waals surface area contributed by atoms with E-state index in [1.54, 1.807) is 6.07 Å². The zero-order chi connectivity index (χ0) is 15.8. The van der Waals surface area contributed by atoms with Crippen LogP contribution in [-0.2, 0) is 10.0 Å². The van der Waals surface area contributed by atoms with Gasteiger partial charge in [-0.3, -0.25) is 0 Å². The molecule has 0 aliphatic heterocycles. The highest BCUT2D eigenvalue weighted by Crippen LogP contribution is 2.34. The van der Waals surface area contributed by atoms with Crippen LogP contribution in [-0.4, -0.2) is 32.2 Å². The fourth-order valence-electron chi connectivity index (χ4n) is 1.68. The lowest BCUT2D eigenvalue weighted by molar-refractivity contribution is -0.121. The molecule has 0 amide bonds. The summed E-state index contributed by atoms with van der Waals surface area (Å²) in [6.07, 6.45) is -4.73. The zero-order valence-electron chi connectivity index (χ0n) is 10.1. The van der Waals surface area contributed by atoms with Gasteiger partial charge in [0.15, 0.2) is 0 Å². The number of aromatic carboxylic acids is 1. The Morgan fingerprint density at radius 1 is 1.29 bits per heavy atom. The first-order valence-electron chi connectivity index (χ1n) is 5.43. The molecule has 0 aliphatic rings. The summed E-state index contributed by atoms with van der Waals surface area (Å²) in [7, 11) is -4.59. The van der Waals surface area contributed by atoms with Crippen LogP contribution in [0.2, 0.25) is 0 Å². The molecule has 1 aromatic heterocycles. The van der Waals surface area contributed by atoms with Crippen molar-refractivity contribution in [2.75, 3.05) is 6.54 Å². The van der Waals surface area contributed by atoms with Crippen LogP contribution in [0.5, 0.6) is 0 Å². The average molecular weight is 339 g/mol. The predicted molar refractivity (Wildman–Crippen MR) is 70.0 cm³/mol. The van der Waals surface area contributed by atoms with Crippen LogP contribution in [0.25, 0.3) is 10.1 Å². The van der Waals surface area contributed by atoms with Crippen molar-refractivity contribution in [3.8, 4) is 0 Å². The van der Waals surface area contributed by atoms with Gasteiger partial charge in [0.05, 0.1) is 0 Å². The zero-order valence-corrected chi connectivity index (χ0v) is 11.8. The molecule has 1 aromatic carbocycles. The number of rotatable bonds is 4. The molecular formula is C11H8F3NO4S2. The van der Waals surface area contributed by atoms with Crippen LogP contribution in [0.4, 0.5) is 13.2 Å². The maximum absolute atomic E-state index is 12.2. The van der Waals surface area contributed by atoms with E-state index in [0.717, 1.165) is 0 Å². The largest absolute Gasteiger partial charge is 0.477 e. The number of hydrogen-bond donors (Lipinski definition) is 2. The number of thiophene rings is 1. The van der Waals surface area contributed by atoms with E-state index in [4.69, 9.17) is 5.11 Å². The fraction of sp³-hybridized carbons (Fsp3) is 0.182. The summed E-state index contributed by atoms with van der Waals surface area (Å²) >= 11 is 0.692. The van der Waals surface area contributed by atoms with Gasteiger partial charge in [-0.05, 0) is 6.07 Å². The average Bonchev–Trinajstić information content (AvgIpc) is 2.76. The summed E-state index contributed by atoms with van der Waals surface area (Å²) in [6, 6.07) is 5.89.